The second-order valence-corrected chi connectivity index (χ2v) is 13.1. The van der Waals surface area contributed by atoms with Gasteiger partial charge in [0.25, 0.3) is 0 Å². The van der Waals surface area contributed by atoms with Crippen LogP contribution in [0, 0.1) is 0 Å². The topological polar surface area (TPSA) is 18.5 Å². The maximum absolute atomic E-state index is 6.37. The average Bonchev–Trinajstić information content (AvgIpc) is 3.44. The van der Waals surface area contributed by atoms with Crippen LogP contribution in [0.15, 0.2) is 48.6 Å². The van der Waals surface area contributed by atoms with Gasteiger partial charge in [0.2, 0.25) is 0 Å². The predicted octanol–water partition coefficient (Wildman–Crippen LogP) is 13.7. The van der Waals surface area contributed by atoms with Gasteiger partial charge in [-0.3, -0.25) is 0 Å². The Kier molecular flexibility index (Phi) is 29.1. The second-order valence-electron chi connectivity index (χ2n) is 12.8. The van der Waals surface area contributed by atoms with Crippen LogP contribution in [-0.2, 0) is 9.47 Å². The Hall–Kier alpha value is -0.830. The van der Waals surface area contributed by atoms with Gasteiger partial charge in [-0.25, -0.2) is 0 Å². The summed E-state index contributed by atoms with van der Waals surface area (Å²) in [6.45, 7) is 5.19. The van der Waals surface area contributed by atoms with Crippen LogP contribution in [-0.4, -0.2) is 24.4 Å². The van der Waals surface area contributed by atoms with Crippen LogP contribution in [0.2, 0.25) is 0 Å². The van der Waals surface area contributed by atoms with Crippen molar-refractivity contribution in [2.45, 2.75) is 193 Å². The first-order valence-electron chi connectivity index (χ1n) is 18.7. The summed E-state index contributed by atoms with van der Waals surface area (Å²) < 4.78 is 12.6. The molecule has 0 saturated carbocycles. The zero-order valence-electron chi connectivity index (χ0n) is 28.7. The molecule has 1 saturated heterocycles. The zero-order chi connectivity index (χ0) is 30.9. The van der Waals surface area contributed by atoms with Gasteiger partial charge in [0.05, 0.1) is 18.6 Å². The first-order chi connectivity index (χ1) is 21.3. The summed E-state index contributed by atoms with van der Waals surface area (Å²) >= 11 is 6.12. The molecule has 0 radical (unpaired) electrons. The van der Waals surface area contributed by atoms with Crippen molar-refractivity contribution in [2.75, 3.05) is 12.5 Å². The highest BCUT2D eigenvalue weighted by Crippen LogP contribution is 2.35. The monoisotopic (exact) mass is 619 g/mol. The molecular weight excluding hydrogens is 548 g/mol. The van der Waals surface area contributed by atoms with Gasteiger partial charge in [0.15, 0.2) is 5.79 Å². The molecule has 1 aliphatic rings. The molecule has 0 aromatic rings. The van der Waals surface area contributed by atoms with E-state index >= 15 is 0 Å². The molecule has 0 bridgehead atoms. The number of halogens is 1. The van der Waals surface area contributed by atoms with Crippen LogP contribution in [0.25, 0.3) is 0 Å². The Morgan fingerprint density at radius 1 is 0.512 bits per heavy atom. The van der Waals surface area contributed by atoms with Crippen molar-refractivity contribution in [3.63, 3.8) is 0 Å². The van der Waals surface area contributed by atoms with E-state index in [2.05, 4.69) is 62.5 Å². The molecule has 1 rings (SSSR count). The van der Waals surface area contributed by atoms with Gasteiger partial charge < -0.3 is 9.47 Å². The van der Waals surface area contributed by atoms with Gasteiger partial charge in [-0.1, -0.05) is 140 Å². The normalized spacial score (nSPS) is 19.4. The maximum atomic E-state index is 6.37. The third-order valence-corrected chi connectivity index (χ3v) is 8.95. The molecule has 0 spiro atoms. The summed E-state index contributed by atoms with van der Waals surface area (Å²) in [4.78, 5) is 0. The average molecular weight is 619 g/mol. The van der Waals surface area contributed by atoms with E-state index in [0.29, 0.717) is 12.5 Å². The summed E-state index contributed by atoms with van der Waals surface area (Å²) in [6.07, 6.45) is 51.6. The van der Waals surface area contributed by atoms with Crippen LogP contribution in [0.4, 0.5) is 0 Å². The van der Waals surface area contributed by atoms with Crippen molar-refractivity contribution >= 4 is 11.6 Å². The first-order valence-corrected chi connectivity index (χ1v) is 19.3. The number of rotatable bonds is 31. The van der Waals surface area contributed by atoms with Crippen LogP contribution < -0.4 is 0 Å². The van der Waals surface area contributed by atoms with Gasteiger partial charge in [0.1, 0.15) is 0 Å². The van der Waals surface area contributed by atoms with E-state index in [1.54, 1.807) is 0 Å². The van der Waals surface area contributed by atoms with E-state index in [1.807, 2.05) is 0 Å². The zero-order valence-corrected chi connectivity index (χ0v) is 29.4. The lowest BCUT2D eigenvalue weighted by Crippen LogP contribution is -2.31. The Morgan fingerprint density at radius 3 is 1.26 bits per heavy atom. The van der Waals surface area contributed by atoms with Crippen molar-refractivity contribution in [3.05, 3.63) is 48.6 Å². The van der Waals surface area contributed by atoms with Gasteiger partial charge in [-0.15, -0.1) is 11.6 Å². The van der Waals surface area contributed by atoms with Crippen LogP contribution in [0.1, 0.15) is 181 Å². The van der Waals surface area contributed by atoms with E-state index in [-0.39, 0.29) is 11.9 Å². The molecule has 2 nitrogen and oxygen atoms in total. The maximum Gasteiger partial charge on any atom is 0.168 e. The van der Waals surface area contributed by atoms with Crippen LogP contribution in [0.3, 0.4) is 0 Å². The molecule has 1 aliphatic heterocycles. The largest absolute Gasteiger partial charge is 0.347 e. The minimum Gasteiger partial charge on any atom is -0.347 e. The highest BCUT2D eigenvalue weighted by molar-refractivity contribution is 6.18. The molecule has 0 N–H and O–H groups in total. The SMILES string of the molecule is CCCCCC=CCC=CCCCCCCCCC1(CCCCCCCCC=CCC=CCCCCC)OC[C@@H](CCl)O1. The minimum atomic E-state index is -0.371. The third kappa shape index (κ3) is 25.1. The number of alkyl halides is 1. The van der Waals surface area contributed by atoms with E-state index in [0.717, 1.165) is 25.7 Å². The molecule has 0 aromatic heterocycles. The fourth-order valence-electron chi connectivity index (χ4n) is 5.84. The van der Waals surface area contributed by atoms with Crippen molar-refractivity contribution in [2.24, 2.45) is 0 Å². The quantitative estimate of drug-likeness (QED) is 0.0437. The van der Waals surface area contributed by atoms with E-state index in [1.165, 1.54) is 141 Å². The molecule has 0 aliphatic carbocycles. The summed E-state index contributed by atoms with van der Waals surface area (Å²) in [5.41, 5.74) is 0. The summed E-state index contributed by atoms with van der Waals surface area (Å²) in [6, 6.07) is 0. The predicted molar refractivity (Wildman–Crippen MR) is 192 cm³/mol. The molecule has 250 valence electrons. The molecule has 1 fully saturated rings. The third-order valence-electron chi connectivity index (χ3n) is 8.60. The Morgan fingerprint density at radius 2 is 0.884 bits per heavy atom. The van der Waals surface area contributed by atoms with E-state index in [4.69, 9.17) is 21.1 Å². The standard InChI is InChI=1S/C40H71ClO2/c1-3-5-7-9-11-13-15-17-19-21-23-25-27-29-31-33-35-40(42-38-39(37-41)43-40)36-34-32-30-28-26-24-22-20-18-16-14-12-10-8-6-4-2/h11-14,17-20,39H,3-10,15-16,21-38H2,1-2H3/t39-,40?/m1/s1. The highest BCUT2D eigenvalue weighted by atomic mass is 35.5. The van der Waals surface area contributed by atoms with Gasteiger partial charge in [0, 0.05) is 12.8 Å². The molecular formula is C40H71ClO2. The number of ether oxygens (including phenoxy) is 2. The van der Waals surface area contributed by atoms with Crippen molar-refractivity contribution in [3.8, 4) is 0 Å². The lowest BCUT2D eigenvalue weighted by Gasteiger charge is -2.28. The van der Waals surface area contributed by atoms with Crippen molar-refractivity contribution in [1.82, 2.24) is 0 Å². The molecule has 0 unspecified atom stereocenters. The number of hydrogen-bond acceptors (Lipinski definition) is 2. The summed E-state index contributed by atoms with van der Waals surface area (Å²) in [5.74, 6) is 0.166. The van der Waals surface area contributed by atoms with Gasteiger partial charge in [-0.2, -0.15) is 0 Å². The van der Waals surface area contributed by atoms with Crippen molar-refractivity contribution < 1.29 is 9.47 Å². The Labute approximate surface area is 274 Å². The molecule has 1 heterocycles. The van der Waals surface area contributed by atoms with Crippen LogP contribution in [0.5, 0.6) is 0 Å². The van der Waals surface area contributed by atoms with E-state index < -0.39 is 0 Å². The van der Waals surface area contributed by atoms with Crippen LogP contribution >= 0.6 is 11.6 Å². The first kappa shape index (κ1) is 40.2. The molecule has 0 amide bonds. The number of unbranched alkanes of at least 4 members (excludes halogenated alkanes) is 18. The van der Waals surface area contributed by atoms with Crippen molar-refractivity contribution in [1.29, 1.82) is 0 Å². The van der Waals surface area contributed by atoms with E-state index in [9.17, 15) is 0 Å². The number of allylic oxidation sites excluding steroid dienone is 8. The lowest BCUT2D eigenvalue weighted by molar-refractivity contribution is -0.177. The smallest absolute Gasteiger partial charge is 0.168 e. The molecule has 0 aromatic carbocycles. The second kappa shape index (κ2) is 31.2. The van der Waals surface area contributed by atoms with Gasteiger partial charge >= 0.3 is 0 Å². The number of hydrogen-bond donors (Lipinski definition) is 0. The lowest BCUT2D eigenvalue weighted by atomic mass is 9.98. The summed E-state index contributed by atoms with van der Waals surface area (Å²) in [7, 11) is 0. The molecule has 1 atom stereocenters. The highest BCUT2D eigenvalue weighted by Gasteiger charge is 2.40. The Bertz CT molecular complexity index is 647. The minimum absolute atomic E-state index is 0.0656. The fraction of sp³-hybridized carbons (Fsp3) is 0.800. The molecule has 3 heteroatoms. The fourth-order valence-corrected chi connectivity index (χ4v) is 6.00. The molecule has 43 heavy (non-hydrogen) atoms. The van der Waals surface area contributed by atoms with Gasteiger partial charge in [-0.05, 0) is 77.0 Å². The Balaban J connectivity index is 2.04. The summed E-state index contributed by atoms with van der Waals surface area (Å²) in [5, 5.41) is 0.